The summed E-state index contributed by atoms with van der Waals surface area (Å²) < 4.78 is 5.13. The molecule has 3 nitrogen and oxygen atoms in total. The van der Waals surface area contributed by atoms with Crippen molar-refractivity contribution < 1.29 is 14.7 Å². The van der Waals surface area contributed by atoms with Crippen LogP contribution >= 0.6 is 0 Å². The zero-order valence-corrected chi connectivity index (χ0v) is 11.2. The Kier molecular flexibility index (Phi) is 7.82. The molecule has 0 saturated carbocycles. The minimum Gasteiger partial charge on any atom is -0.402 e. The fourth-order valence-electron chi connectivity index (χ4n) is 2.04. The topological polar surface area (TPSA) is 49.7 Å². The predicted molar refractivity (Wildman–Crippen MR) is 76.0 cm³/mol. The highest BCUT2D eigenvalue weighted by molar-refractivity contribution is 6.83. The largest absolute Gasteiger partial charge is 0.634 e. The third-order valence-corrected chi connectivity index (χ3v) is 7.62. The summed E-state index contributed by atoms with van der Waals surface area (Å²) >= 11 is 0. The van der Waals surface area contributed by atoms with E-state index in [1.54, 1.807) is 6.08 Å². The second-order valence-electron chi connectivity index (χ2n) is 3.96. The van der Waals surface area contributed by atoms with E-state index in [4.69, 9.17) is 14.7 Å². The Morgan fingerprint density at radius 1 is 1.00 bits per heavy atom. The molecule has 0 fully saturated rings. The molecule has 0 aliphatic heterocycles. The average molecular weight is 252 g/mol. The molecule has 94 valence electrons. The van der Waals surface area contributed by atoms with Crippen molar-refractivity contribution in [1.82, 2.24) is 0 Å². The molecule has 17 heavy (non-hydrogen) atoms. The molecule has 1 atom stereocenters. The van der Waals surface area contributed by atoms with Crippen LogP contribution in [0, 0.1) is 0 Å². The molecule has 0 aliphatic rings. The quantitative estimate of drug-likeness (QED) is 0.462. The summed E-state index contributed by atoms with van der Waals surface area (Å²) in [4.78, 5) is 0. The Hall–Kier alpha value is -0.878. The van der Waals surface area contributed by atoms with E-state index in [9.17, 15) is 0 Å². The van der Waals surface area contributed by atoms with E-state index in [1.165, 1.54) is 0 Å². The van der Waals surface area contributed by atoms with Gasteiger partial charge in [0.05, 0.1) is 5.73 Å². The maximum absolute atomic E-state index is 8.95. The fourth-order valence-corrected chi connectivity index (χ4v) is 5.87. The van der Waals surface area contributed by atoms with Gasteiger partial charge in [-0.3, -0.25) is 0 Å². The van der Waals surface area contributed by atoms with Gasteiger partial charge in [-0.05, 0) is 18.1 Å². The van der Waals surface area contributed by atoms with Gasteiger partial charge in [-0.25, -0.2) is 0 Å². The van der Waals surface area contributed by atoms with Crippen LogP contribution in [0.4, 0.5) is 0 Å². The van der Waals surface area contributed by atoms with Crippen molar-refractivity contribution in [3.05, 3.63) is 50.6 Å². The van der Waals surface area contributed by atoms with Crippen LogP contribution < -0.4 is 0 Å². The highest BCUT2D eigenvalue weighted by atomic mass is 28.3. The van der Waals surface area contributed by atoms with Crippen LogP contribution in [0.3, 0.4) is 0 Å². The molecule has 0 aliphatic carbocycles. The van der Waals surface area contributed by atoms with Gasteiger partial charge in [0.1, 0.15) is 8.07 Å². The summed E-state index contributed by atoms with van der Waals surface area (Å²) in [5.74, 6) is 0. The first-order valence-corrected chi connectivity index (χ1v) is 8.23. The maximum Gasteiger partial charge on any atom is 0.634 e. The van der Waals surface area contributed by atoms with Gasteiger partial charge >= 0.3 is 7.32 Å². The molecule has 0 heterocycles. The molecule has 0 amide bonds. The zero-order valence-electron chi connectivity index (χ0n) is 10.2. The van der Waals surface area contributed by atoms with Gasteiger partial charge in [0, 0.05) is 0 Å². The minimum absolute atomic E-state index is 0.364. The lowest BCUT2D eigenvalue weighted by Crippen LogP contribution is -2.49. The smallest absolute Gasteiger partial charge is 0.402 e. The van der Waals surface area contributed by atoms with Crippen LogP contribution in [-0.2, 0) is 4.65 Å². The van der Waals surface area contributed by atoms with Crippen molar-refractivity contribution in [3.63, 3.8) is 0 Å². The van der Waals surface area contributed by atoms with Crippen LogP contribution in [0.1, 0.15) is 0 Å². The number of allylic oxidation sites excluding steroid dienone is 3. The third kappa shape index (κ3) is 4.87. The molecule has 0 aromatic rings. The summed E-state index contributed by atoms with van der Waals surface area (Å²) in [6.07, 6.45) is 7.14. The Labute approximate surface area is 105 Å². The first kappa shape index (κ1) is 16.1. The van der Waals surface area contributed by atoms with Crippen molar-refractivity contribution in [2.45, 2.75) is 23.9 Å². The van der Waals surface area contributed by atoms with Crippen LogP contribution in [0.15, 0.2) is 50.6 Å². The van der Waals surface area contributed by atoms with E-state index in [1.807, 2.05) is 18.2 Å². The zero-order chi connectivity index (χ0) is 13.3. The Balaban J connectivity index is 5.16. The molecule has 5 heteroatoms. The first-order valence-electron chi connectivity index (χ1n) is 5.53. The lowest BCUT2D eigenvalue weighted by molar-refractivity contribution is 0.181. The summed E-state index contributed by atoms with van der Waals surface area (Å²) in [7, 11) is -3.79. The van der Waals surface area contributed by atoms with Crippen LogP contribution in [0.2, 0.25) is 18.1 Å². The van der Waals surface area contributed by atoms with Crippen LogP contribution in [-0.4, -0.2) is 31.2 Å². The number of hydrogen-bond donors (Lipinski definition) is 2. The number of rotatable bonds is 10. The van der Waals surface area contributed by atoms with E-state index in [0.29, 0.717) is 0 Å². The Morgan fingerprint density at radius 3 is 1.65 bits per heavy atom. The molecule has 1 unspecified atom stereocenters. The van der Waals surface area contributed by atoms with E-state index < -0.39 is 15.4 Å². The summed E-state index contributed by atoms with van der Waals surface area (Å²) in [5, 5.41) is 17.9. The molecule has 0 saturated heterocycles. The van der Waals surface area contributed by atoms with Gasteiger partial charge in [-0.2, -0.15) is 0 Å². The normalized spacial score (nSPS) is 12.6. The van der Waals surface area contributed by atoms with Crippen LogP contribution in [0.25, 0.3) is 0 Å². The molecule has 0 aromatic carbocycles. The van der Waals surface area contributed by atoms with Gasteiger partial charge < -0.3 is 14.7 Å². The highest BCUT2D eigenvalue weighted by Gasteiger charge is 2.39. The van der Waals surface area contributed by atoms with E-state index >= 15 is 0 Å². The van der Waals surface area contributed by atoms with Crippen molar-refractivity contribution in [2.24, 2.45) is 0 Å². The molecule has 2 N–H and O–H groups in total. The molecule has 0 bridgehead atoms. The molecule has 0 radical (unpaired) electrons. The Morgan fingerprint density at radius 2 is 1.41 bits per heavy atom. The van der Waals surface area contributed by atoms with E-state index in [2.05, 4.69) is 26.3 Å². The predicted octanol–water partition coefficient (Wildman–Crippen LogP) is 2.07. The van der Waals surface area contributed by atoms with Crippen molar-refractivity contribution in [3.8, 4) is 0 Å². The van der Waals surface area contributed by atoms with Gasteiger partial charge in [0.25, 0.3) is 0 Å². The second-order valence-corrected chi connectivity index (χ2v) is 8.48. The molecular formula is C12H21BO3Si. The summed E-state index contributed by atoms with van der Waals surface area (Å²) in [6.45, 7) is 15.0. The Bertz CT molecular complexity index is 252. The van der Waals surface area contributed by atoms with E-state index in [0.717, 1.165) is 18.1 Å². The molecule has 0 spiro atoms. The van der Waals surface area contributed by atoms with Gasteiger partial charge in [-0.1, -0.05) is 24.3 Å². The summed E-state index contributed by atoms with van der Waals surface area (Å²) in [6, 6.07) is 2.36. The molecule has 0 rings (SSSR count). The van der Waals surface area contributed by atoms with Gasteiger partial charge in [0.2, 0.25) is 0 Å². The SMILES string of the molecule is C=CC[Si](CC=C)(CC=C)C(C=C)OB(O)O. The van der Waals surface area contributed by atoms with Crippen molar-refractivity contribution >= 4 is 15.4 Å². The lowest BCUT2D eigenvalue weighted by Gasteiger charge is -2.35. The van der Waals surface area contributed by atoms with Gasteiger partial charge in [0.15, 0.2) is 0 Å². The monoisotopic (exact) mass is 252 g/mol. The fraction of sp³-hybridized carbons (Fsp3) is 0.333. The minimum atomic E-state index is -2.00. The first-order chi connectivity index (χ1) is 8.06. The molecule has 0 aromatic heterocycles. The van der Waals surface area contributed by atoms with Crippen LogP contribution in [0.5, 0.6) is 0 Å². The highest BCUT2D eigenvalue weighted by Crippen LogP contribution is 2.29. The molecular weight excluding hydrogens is 231 g/mol. The van der Waals surface area contributed by atoms with Crippen molar-refractivity contribution in [1.29, 1.82) is 0 Å². The second kappa shape index (κ2) is 8.25. The average Bonchev–Trinajstić information content (AvgIpc) is 2.26. The number of hydrogen-bond acceptors (Lipinski definition) is 3. The summed E-state index contributed by atoms with van der Waals surface area (Å²) in [5.41, 5.74) is -0.364. The van der Waals surface area contributed by atoms with Gasteiger partial charge in [-0.15, -0.1) is 26.3 Å². The maximum atomic E-state index is 8.95. The van der Waals surface area contributed by atoms with E-state index in [-0.39, 0.29) is 5.73 Å². The lowest BCUT2D eigenvalue weighted by atomic mass is 10.3. The third-order valence-electron chi connectivity index (χ3n) is 2.74. The van der Waals surface area contributed by atoms with Crippen molar-refractivity contribution in [2.75, 3.05) is 0 Å². The standard InChI is InChI=1S/C12H21BO3Si/c1-5-9-17(10-6-2,11-7-3)12(8-4)16-13(14)15/h5-8,12,14-15H,1-4,9-11H2.